The third kappa shape index (κ3) is 4.02. The predicted octanol–water partition coefficient (Wildman–Crippen LogP) is 3.45. The van der Waals surface area contributed by atoms with Crippen LogP contribution in [0.15, 0.2) is 53.4 Å². The molecule has 1 unspecified atom stereocenters. The number of anilines is 2. The third-order valence-electron chi connectivity index (χ3n) is 3.96. The third-order valence-corrected chi connectivity index (χ3v) is 5.23. The summed E-state index contributed by atoms with van der Waals surface area (Å²) in [5.74, 6) is -0.189. The van der Waals surface area contributed by atoms with E-state index < -0.39 is 4.92 Å². The highest BCUT2D eigenvalue weighted by Crippen LogP contribution is 2.34. The van der Waals surface area contributed by atoms with E-state index in [0.717, 1.165) is 4.90 Å². The molecule has 1 heterocycles. The molecule has 0 aromatic heterocycles. The summed E-state index contributed by atoms with van der Waals surface area (Å²) in [5, 5.41) is 13.4. The van der Waals surface area contributed by atoms with Gasteiger partial charge in [-0.05, 0) is 36.8 Å². The molecule has 134 valence electrons. The van der Waals surface area contributed by atoms with Gasteiger partial charge in [-0.3, -0.25) is 19.7 Å². The number of non-ortho nitro benzene ring substituents is 1. The minimum Gasteiger partial charge on any atom is -0.326 e. The summed E-state index contributed by atoms with van der Waals surface area (Å²) in [6, 6.07) is 13.4. The summed E-state index contributed by atoms with van der Waals surface area (Å²) in [4.78, 5) is 36.7. The second-order valence-electron chi connectivity index (χ2n) is 5.87. The second kappa shape index (κ2) is 7.57. The highest BCUT2D eigenvalue weighted by molar-refractivity contribution is 8.00. The largest absolute Gasteiger partial charge is 0.326 e. The van der Waals surface area contributed by atoms with Crippen molar-refractivity contribution in [3.63, 3.8) is 0 Å². The molecule has 7 nitrogen and oxygen atoms in total. The van der Waals surface area contributed by atoms with Crippen LogP contribution in [0, 0.1) is 10.1 Å². The van der Waals surface area contributed by atoms with Gasteiger partial charge in [-0.2, -0.15) is 0 Å². The number of hydrogen-bond donors (Lipinski definition) is 1. The Kier molecular flexibility index (Phi) is 5.22. The van der Waals surface area contributed by atoms with Crippen LogP contribution in [0.5, 0.6) is 0 Å². The van der Waals surface area contributed by atoms with Crippen molar-refractivity contribution in [1.29, 1.82) is 0 Å². The minimum atomic E-state index is -0.465. The average Bonchev–Trinajstić information content (AvgIpc) is 2.97. The van der Waals surface area contributed by atoms with E-state index in [9.17, 15) is 19.7 Å². The Hall–Kier alpha value is -2.87. The van der Waals surface area contributed by atoms with Crippen LogP contribution in [0.1, 0.15) is 13.3 Å². The van der Waals surface area contributed by atoms with Gasteiger partial charge in [0.25, 0.3) is 5.69 Å². The number of carbonyl (C=O) groups is 2. The van der Waals surface area contributed by atoms with Gasteiger partial charge in [0.2, 0.25) is 11.8 Å². The van der Waals surface area contributed by atoms with E-state index in [1.165, 1.54) is 30.8 Å². The monoisotopic (exact) mass is 371 g/mol. The van der Waals surface area contributed by atoms with Crippen LogP contribution in [-0.4, -0.2) is 28.5 Å². The molecule has 0 bridgehead atoms. The molecule has 1 saturated heterocycles. The standard InChI is InChI=1S/C18H17N3O4S/c1-12(22)19-13-5-7-16(8-6-13)26-17-9-10-20(18(17)23)14-3-2-4-15(11-14)21(24)25/h2-8,11,17H,9-10H2,1H3,(H,19,22). The lowest BCUT2D eigenvalue weighted by Gasteiger charge is -2.16. The molecular weight excluding hydrogens is 354 g/mol. The fraction of sp³-hybridized carbons (Fsp3) is 0.222. The van der Waals surface area contributed by atoms with Crippen molar-refractivity contribution in [3.8, 4) is 0 Å². The Balaban J connectivity index is 1.68. The molecular formula is C18H17N3O4S. The number of carbonyl (C=O) groups excluding carboxylic acids is 2. The van der Waals surface area contributed by atoms with E-state index in [0.29, 0.717) is 24.3 Å². The Morgan fingerprint density at radius 1 is 1.27 bits per heavy atom. The first-order chi connectivity index (χ1) is 12.4. The number of nitrogens with one attached hydrogen (secondary N) is 1. The van der Waals surface area contributed by atoms with Crippen molar-refractivity contribution < 1.29 is 14.5 Å². The Bertz CT molecular complexity index is 854. The molecule has 0 aliphatic carbocycles. The molecule has 0 radical (unpaired) electrons. The van der Waals surface area contributed by atoms with Gasteiger partial charge in [0, 0.05) is 36.2 Å². The van der Waals surface area contributed by atoms with E-state index in [1.54, 1.807) is 29.2 Å². The highest BCUT2D eigenvalue weighted by Gasteiger charge is 2.33. The van der Waals surface area contributed by atoms with Gasteiger partial charge in [0.05, 0.1) is 15.9 Å². The van der Waals surface area contributed by atoms with Gasteiger partial charge in [-0.25, -0.2) is 0 Å². The number of nitro benzene ring substituents is 1. The molecule has 1 N–H and O–H groups in total. The maximum atomic E-state index is 12.7. The molecule has 0 spiro atoms. The van der Waals surface area contributed by atoms with Crippen LogP contribution < -0.4 is 10.2 Å². The fourth-order valence-electron chi connectivity index (χ4n) is 2.78. The molecule has 2 aromatic carbocycles. The van der Waals surface area contributed by atoms with Crippen molar-refractivity contribution in [3.05, 3.63) is 58.6 Å². The number of benzene rings is 2. The lowest BCUT2D eigenvalue weighted by molar-refractivity contribution is -0.384. The molecule has 1 atom stereocenters. The first-order valence-electron chi connectivity index (χ1n) is 8.04. The molecule has 1 aliphatic heterocycles. The number of nitrogens with zero attached hydrogens (tertiary/aromatic N) is 2. The van der Waals surface area contributed by atoms with Crippen molar-refractivity contribution in [2.45, 2.75) is 23.5 Å². The summed E-state index contributed by atoms with van der Waals surface area (Å²) >= 11 is 1.46. The summed E-state index contributed by atoms with van der Waals surface area (Å²) in [6.07, 6.45) is 0.666. The topological polar surface area (TPSA) is 92.6 Å². The minimum absolute atomic E-state index is 0.0278. The van der Waals surface area contributed by atoms with Crippen LogP contribution in [0.4, 0.5) is 17.1 Å². The van der Waals surface area contributed by atoms with E-state index in [1.807, 2.05) is 12.1 Å². The number of amides is 2. The van der Waals surface area contributed by atoms with E-state index in [2.05, 4.69) is 5.32 Å². The summed E-state index contributed by atoms with van der Waals surface area (Å²) in [6.45, 7) is 1.98. The van der Waals surface area contributed by atoms with Gasteiger partial charge < -0.3 is 10.2 Å². The zero-order valence-corrected chi connectivity index (χ0v) is 14.9. The lowest BCUT2D eigenvalue weighted by Crippen LogP contribution is -2.27. The molecule has 1 aliphatic rings. The number of nitro groups is 1. The summed E-state index contributed by atoms with van der Waals surface area (Å²) < 4.78 is 0. The Morgan fingerprint density at radius 3 is 2.65 bits per heavy atom. The quantitative estimate of drug-likeness (QED) is 0.642. The van der Waals surface area contributed by atoms with Crippen molar-refractivity contribution in [2.75, 3.05) is 16.8 Å². The molecule has 26 heavy (non-hydrogen) atoms. The predicted molar refractivity (Wildman–Crippen MR) is 100 cm³/mol. The molecule has 8 heteroatoms. The zero-order valence-electron chi connectivity index (χ0n) is 14.0. The number of hydrogen-bond acceptors (Lipinski definition) is 5. The summed E-state index contributed by atoms with van der Waals surface area (Å²) in [5.41, 5.74) is 1.23. The van der Waals surface area contributed by atoms with Gasteiger partial charge in [0.1, 0.15) is 0 Å². The first kappa shape index (κ1) is 17.9. The van der Waals surface area contributed by atoms with Gasteiger partial charge >= 0.3 is 0 Å². The second-order valence-corrected chi connectivity index (χ2v) is 7.14. The van der Waals surface area contributed by atoms with E-state index >= 15 is 0 Å². The Labute approximate surface area is 154 Å². The SMILES string of the molecule is CC(=O)Nc1ccc(SC2CCN(c3cccc([N+](=O)[O-])c3)C2=O)cc1. The molecule has 1 fully saturated rings. The van der Waals surface area contributed by atoms with E-state index in [-0.39, 0.29) is 22.8 Å². The van der Waals surface area contributed by atoms with Crippen LogP contribution in [0.3, 0.4) is 0 Å². The smallest absolute Gasteiger partial charge is 0.271 e. The van der Waals surface area contributed by atoms with Crippen molar-refractivity contribution in [2.24, 2.45) is 0 Å². The van der Waals surface area contributed by atoms with Crippen LogP contribution >= 0.6 is 11.8 Å². The molecule has 0 saturated carbocycles. The van der Waals surface area contributed by atoms with Crippen molar-refractivity contribution >= 4 is 40.6 Å². The lowest BCUT2D eigenvalue weighted by atomic mass is 10.2. The zero-order chi connectivity index (χ0) is 18.7. The number of rotatable bonds is 5. The fourth-order valence-corrected chi connectivity index (χ4v) is 3.85. The molecule has 2 amide bonds. The highest BCUT2D eigenvalue weighted by atomic mass is 32.2. The van der Waals surface area contributed by atoms with Gasteiger partial charge in [0.15, 0.2) is 0 Å². The first-order valence-corrected chi connectivity index (χ1v) is 8.92. The number of thioether (sulfide) groups is 1. The van der Waals surface area contributed by atoms with Crippen molar-refractivity contribution in [1.82, 2.24) is 0 Å². The maximum Gasteiger partial charge on any atom is 0.271 e. The molecule has 3 rings (SSSR count). The average molecular weight is 371 g/mol. The van der Waals surface area contributed by atoms with Gasteiger partial charge in [-0.1, -0.05) is 6.07 Å². The Morgan fingerprint density at radius 2 is 2.00 bits per heavy atom. The van der Waals surface area contributed by atoms with Gasteiger partial charge in [-0.15, -0.1) is 11.8 Å². The summed E-state index contributed by atoms with van der Waals surface area (Å²) in [7, 11) is 0. The van der Waals surface area contributed by atoms with Crippen LogP contribution in [0.2, 0.25) is 0 Å². The van der Waals surface area contributed by atoms with Crippen LogP contribution in [-0.2, 0) is 9.59 Å². The normalized spacial score (nSPS) is 16.6. The van der Waals surface area contributed by atoms with E-state index in [4.69, 9.17) is 0 Å². The van der Waals surface area contributed by atoms with Crippen LogP contribution in [0.25, 0.3) is 0 Å². The maximum absolute atomic E-state index is 12.7. The molecule has 2 aromatic rings.